The Morgan fingerprint density at radius 2 is 2.03 bits per heavy atom. The van der Waals surface area contributed by atoms with Gasteiger partial charge in [-0.1, -0.05) is 0 Å². The zero-order chi connectivity index (χ0) is 22.9. The van der Waals surface area contributed by atoms with Gasteiger partial charge in [-0.15, -0.1) is 0 Å². The Hall–Kier alpha value is -3.11. The van der Waals surface area contributed by atoms with Crippen LogP contribution in [-0.4, -0.2) is 65.3 Å². The SMILES string of the molecule is [B]c1cnc(N(C(=O)OC(C)(C)C)c2ccc(N3CCOCC3)c(CO)c2)c2nccn12. The van der Waals surface area contributed by atoms with Gasteiger partial charge in [0.25, 0.3) is 0 Å². The number of hydrogen-bond acceptors (Lipinski definition) is 7. The minimum absolute atomic E-state index is 0.184. The number of amides is 1. The highest BCUT2D eigenvalue weighted by Crippen LogP contribution is 2.33. The van der Waals surface area contributed by atoms with Crippen LogP contribution in [0.25, 0.3) is 5.65 Å². The van der Waals surface area contributed by atoms with Crippen LogP contribution in [0.2, 0.25) is 0 Å². The standard InChI is InChI=1S/C22H26BN5O4/c1-22(2,3)32-21(30)28(20-19-24-6-7-27(19)18(23)13-25-20)16-4-5-17(15(12-16)14-29)26-8-10-31-11-9-26/h4-7,12-13,29H,8-11,14H2,1-3H3. The molecule has 0 aliphatic carbocycles. The highest BCUT2D eigenvalue weighted by Gasteiger charge is 2.29. The maximum absolute atomic E-state index is 13.3. The quantitative estimate of drug-likeness (QED) is 0.626. The van der Waals surface area contributed by atoms with Gasteiger partial charge >= 0.3 is 6.09 Å². The fourth-order valence-electron chi connectivity index (χ4n) is 3.65. The monoisotopic (exact) mass is 435 g/mol. The summed E-state index contributed by atoms with van der Waals surface area (Å²) < 4.78 is 12.8. The molecule has 166 valence electrons. The fraction of sp³-hybridized carbons (Fsp3) is 0.409. The highest BCUT2D eigenvalue weighted by atomic mass is 16.6. The molecule has 3 heterocycles. The van der Waals surface area contributed by atoms with Crippen LogP contribution >= 0.6 is 0 Å². The van der Waals surface area contributed by atoms with Crippen molar-refractivity contribution in [3.05, 3.63) is 42.4 Å². The summed E-state index contributed by atoms with van der Waals surface area (Å²) in [7, 11) is 6.01. The smallest absolute Gasteiger partial charge is 0.420 e. The predicted octanol–water partition coefficient (Wildman–Crippen LogP) is 1.93. The number of benzene rings is 1. The second-order valence-corrected chi connectivity index (χ2v) is 8.51. The molecule has 1 aliphatic heterocycles. The van der Waals surface area contributed by atoms with Crippen LogP contribution in [0.1, 0.15) is 26.3 Å². The average Bonchev–Trinajstić information content (AvgIpc) is 3.26. The van der Waals surface area contributed by atoms with Gasteiger partial charge in [0.15, 0.2) is 11.5 Å². The summed E-state index contributed by atoms with van der Waals surface area (Å²) in [6.07, 6.45) is 4.15. The van der Waals surface area contributed by atoms with E-state index in [0.29, 0.717) is 35.7 Å². The lowest BCUT2D eigenvalue weighted by molar-refractivity contribution is 0.0598. The van der Waals surface area contributed by atoms with E-state index in [1.807, 2.05) is 12.1 Å². The fourth-order valence-corrected chi connectivity index (χ4v) is 3.65. The molecule has 1 saturated heterocycles. The van der Waals surface area contributed by atoms with Crippen LogP contribution in [-0.2, 0) is 16.1 Å². The number of hydrogen-bond donors (Lipinski definition) is 1. The van der Waals surface area contributed by atoms with Gasteiger partial charge in [0, 0.05) is 42.9 Å². The van der Waals surface area contributed by atoms with E-state index in [2.05, 4.69) is 14.9 Å². The van der Waals surface area contributed by atoms with Gasteiger partial charge in [-0.3, -0.25) is 0 Å². The molecule has 1 fully saturated rings. The van der Waals surface area contributed by atoms with Gasteiger partial charge < -0.3 is 23.9 Å². The Labute approximate surface area is 188 Å². The molecule has 0 spiro atoms. The van der Waals surface area contributed by atoms with Crippen molar-refractivity contribution in [3.63, 3.8) is 0 Å². The van der Waals surface area contributed by atoms with Gasteiger partial charge in [0.1, 0.15) is 13.4 Å². The minimum atomic E-state index is -0.720. The molecule has 2 aromatic heterocycles. The van der Waals surface area contributed by atoms with Crippen molar-refractivity contribution >= 4 is 42.4 Å². The maximum atomic E-state index is 13.3. The lowest BCUT2D eigenvalue weighted by Gasteiger charge is -2.31. The molecule has 3 aromatic rings. The number of anilines is 3. The van der Waals surface area contributed by atoms with E-state index in [4.69, 9.17) is 17.3 Å². The van der Waals surface area contributed by atoms with E-state index in [9.17, 15) is 9.90 Å². The molecule has 4 rings (SSSR count). The van der Waals surface area contributed by atoms with Gasteiger partial charge in [0.2, 0.25) is 0 Å². The Balaban J connectivity index is 1.82. The van der Waals surface area contributed by atoms with Gasteiger partial charge in [-0.05, 0) is 44.6 Å². The zero-order valence-corrected chi connectivity index (χ0v) is 18.5. The second kappa shape index (κ2) is 8.80. The summed E-state index contributed by atoms with van der Waals surface area (Å²) in [5.74, 6) is 0.279. The number of aliphatic hydroxyl groups excluding tert-OH is 1. The number of aliphatic hydroxyl groups is 1. The number of fused-ring (bicyclic) bond motifs is 1. The van der Waals surface area contributed by atoms with E-state index >= 15 is 0 Å². The Morgan fingerprint density at radius 1 is 1.28 bits per heavy atom. The lowest BCUT2D eigenvalue weighted by atomic mass is 10.1. The molecule has 0 unspecified atom stereocenters. The third-order valence-electron chi connectivity index (χ3n) is 5.07. The van der Waals surface area contributed by atoms with E-state index in [1.165, 1.54) is 11.1 Å². The zero-order valence-electron chi connectivity index (χ0n) is 18.5. The Bertz CT molecular complexity index is 1120. The van der Waals surface area contributed by atoms with E-state index in [-0.39, 0.29) is 12.4 Å². The summed E-state index contributed by atoms with van der Waals surface area (Å²) in [6, 6.07) is 5.47. The number of imidazole rings is 1. The summed E-state index contributed by atoms with van der Waals surface area (Å²) in [5, 5.41) is 10.1. The molecule has 1 amide bonds. The van der Waals surface area contributed by atoms with E-state index in [1.54, 1.807) is 43.6 Å². The van der Waals surface area contributed by atoms with Crippen LogP contribution in [0.4, 0.5) is 22.0 Å². The molecule has 1 N–H and O–H groups in total. The molecule has 9 nitrogen and oxygen atoms in total. The molecule has 1 aliphatic rings. The molecule has 1 aromatic carbocycles. The summed E-state index contributed by atoms with van der Waals surface area (Å²) in [6.45, 7) is 7.93. The normalized spacial score (nSPS) is 14.6. The van der Waals surface area contributed by atoms with Gasteiger partial charge in [0.05, 0.1) is 25.5 Å². The van der Waals surface area contributed by atoms with E-state index in [0.717, 1.165) is 18.8 Å². The number of carbonyl (C=O) groups excluding carboxylic acids is 1. The number of ether oxygens (including phenoxy) is 2. The van der Waals surface area contributed by atoms with Crippen molar-refractivity contribution < 1.29 is 19.4 Å². The molecule has 2 radical (unpaired) electrons. The summed E-state index contributed by atoms with van der Waals surface area (Å²) in [5.41, 5.74) is 2.18. The van der Waals surface area contributed by atoms with Crippen LogP contribution in [0.5, 0.6) is 0 Å². The van der Waals surface area contributed by atoms with E-state index < -0.39 is 11.7 Å². The van der Waals surface area contributed by atoms with Crippen molar-refractivity contribution in [2.75, 3.05) is 36.1 Å². The number of morpholine rings is 1. The largest absolute Gasteiger partial charge is 0.443 e. The number of aromatic nitrogens is 3. The summed E-state index contributed by atoms with van der Waals surface area (Å²) in [4.78, 5) is 25.6. The number of nitrogens with zero attached hydrogens (tertiary/aromatic N) is 5. The highest BCUT2D eigenvalue weighted by molar-refractivity contribution is 6.31. The molecular formula is C22H26BN5O4. The Morgan fingerprint density at radius 3 is 2.72 bits per heavy atom. The van der Waals surface area contributed by atoms with Crippen LogP contribution in [0, 0.1) is 0 Å². The van der Waals surface area contributed by atoms with Crippen molar-refractivity contribution in [2.24, 2.45) is 0 Å². The van der Waals surface area contributed by atoms with Crippen molar-refractivity contribution in [1.82, 2.24) is 14.4 Å². The predicted molar refractivity (Wildman–Crippen MR) is 122 cm³/mol. The first-order valence-electron chi connectivity index (χ1n) is 10.5. The molecule has 32 heavy (non-hydrogen) atoms. The van der Waals surface area contributed by atoms with Gasteiger partial charge in [-0.2, -0.15) is 0 Å². The lowest BCUT2D eigenvalue weighted by Crippen LogP contribution is -2.37. The Kier molecular flexibility index (Phi) is 6.08. The van der Waals surface area contributed by atoms with Gasteiger partial charge in [-0.25, -0.2) is 19.7 Å². The molecule has 0 bridgehead atoms. The van der Waals surface area contributed by atoms with Crippen LogP contribution in [0.15, 0.2) is 36.8 Å². The average molecular weight is 435 g/mol. The van der Waals surface area contributed by atoms with Crippen molar-refractivity contribution in [1.29, 1.82) is 0 Å². The third kappa shape index (κ3) is 4.42. The third-order valence-corrected chi connectivity index (χ3v) is 5.07. The minimum Gasteiger partial charge on any atom is -0.443 e. The molecular weight excluding hydrogens is 409 g/mol. The van der Waals surface area contributed by atoms with Crippen molar-refractivity contribution in [2.45, 2.75) is 33.0 Å². The number of rotatable bonds is 4. The van der Waals surface area contributed by atoms with Crippen LogP contribution in [0.3, 0.4) is 0 Å². The topological polar surface area (TPSA) is 92.4 Å². The van der Waals surface area contributed by atoms with Crippen molar-refractivity contribution in [3.8, 4) is 0 Å². The second-order valence-electron chi connectivity index (χ2n) is 8.51. The molecule has 10 heteroatoms. The first-order valence-corrected chi connectivity index (χ1v) is 10.5. The molecule has 0 saturated carbocycles. The first-order chi connectivity index (χ1) is 15.3. The molecule has 0 atom stereocenters. The number of carbonyl (C=O) groups is 1. The van der Waals surface area contributed by atoms with Crippen LogP contribution < -0.4 is 15.4 Å². The maximum Gasteiger partial charge on any atom is 0.420 e. The summed E-state index contributed by atoms with van der Waals surface area (Å²) >= 11 is 0. The first kappa shape index (κ1) is 22.1.